The average Bonchev–Trinajstić information content (AvgIpc) is 2.01. The molecule has 1 rings (SSSR count). The number of Topliss-reactive ketones (excluding diaryl/α,β-unsaturated/α-hetero) is 1. The first-order valence-electron chi connectivity index (χ1n) is 4.02. The van der Waals surface area contributed by atoms with Crippen molar-refractivity contribution in [2.75, 3.05) is 0 Å². The highest BCUT2D eigenvalue weighted by molar-refractivity contribution is 7.09. The summed E-state index contributed by atoms with van der Waals surface area (Å²) in [6, 6.07) is 0. The molecule has 0 bridgehead atoms. The molecule has 3 atom stereocenters. The Kier molecular flexibility index (Phi) is 3.03. The van der Waals surface area contributed by atoms with Gasteiger partial charge in [-0.15, -0.1) is 0 Å². The third-order valence-corrected chi connectivity index (χ3v) is 3.01. The molecule has 11 heavy (non-hydrogen) atoms. The zero-order valence-electron chi connectivity index (χ0n) is 6.96. The van der Waals surface area contributed by atoms with Gasteiger partial charge < -0.3 is 4.52 Å². The minimum Gasteiger partial charge on any atom is -0.352 e. The Morgan fingerprint density at radius 3 is 2.73 bits per heavy atom. The Morgan fingerprint density at radius 1 is 1.55 bits per heavy atom. The molecule has 1 radical (unpaired) electrons. The zero-order chi connectivity index (χ0) is 8.43. The summed E-state index contributed by atoms with van der Waals surface area (Å²) in [6.45, 7) is 4.04. The molecule has 0 aromatic rings. The van der Waals surface area contributed by atoms with Crippen molar-refractivity contribution in [1.82, 2.24) is 0 Å². The summed E-state index contributed by atoms with van der Waals surface area (Å²) in [5.41, 5.74) is 0. The molecule has 0 N–H and O–H groups in total. The molecule has 63 valence electrons. The van der Waals surface area contributed by atoms with Crippen molar-refractivity contribution in [1.29, 1.82) is 0 Å². The standard InChI is InChI=1S/C8H14O2P/c1-5-6(2)8(10-11)4-3-7(5)9/h5-6,8,11H,3-4H2,1-2H3. The van der Waals surface area contributed by atoms with Crippen LogP contribution in [0.15, 0.2) is 0 Å². The minimum atomic E-state index is 0.157. The quantitative estimate of drug-likeness (QED) is 0.567. The summed E-state index contributed by atoms with van der Waals surface area (Å²) in [5, 5.41) is 0. The van der Waals surface area contributed by atoms with E-state index in [0.717, 1.165) is 6.42 Å². The minimum absolute atomic E-state index is 0.157. The van der Waals surface area contributed by atoms with E-state index < -0.39 is 0 Å². The van der Waals surface area contributed by atoms with E-state index in [1.807, 2.05) is 6.92 Å². The summed E-state index contributed by atoms with van der Waals surface area (Å²) in [7, 11) is 3.03. The lowest BCUT2D eigenvalue weighted by Crippen LogP contribution is -2.35. The van der Waals surface area contributed by atoms with Crippen LogP contribution in [-0.2, 0) is 9.32 Å². The second-order valence-corrected chi connectivity index (χ2v) is 3.54. The van der Waals surface area contributed by atoms with E-state index >= 15 is 0 Å². The Hall–Kier alpha value is 0.0600. The number of carbonyl (C=O) groups is 1. The van der Waals surface area contributed by atoms with Crippen molar-refractivity contribution in [3.63, 3.8) is 0 Å². The largest absolute Gasteiger partial charge is 0.352 e. The number of hydrogen-bond donors (Lipinski definition) is 0. The first kappa shape index (κ1) is 9.15. The van der Waals surface area contributed by atoms with Gasteiger partial charge >= 0.3 is 0 Å². The van der Waals surface area contributed by atoms with Crippen LogP contribution in [0.2, 0.25) is 0 Å². The SMILES string of the molecule is CC1C(=O)CCC(O[PH])C1C. The molecular weight excluding hydrogens is 159 g/mol. The molecular formula is C8H14O2P. The van der Waals surface area contributed by atoms with Gasteiger partial charge in [0.05, 0.1) is 15.6 Å². The van der Waals surface area contributed by atoms with Crippen LogP contribution < -0.4 is 0 Å². The van der Waals surface area contributed by atoms with E-state index in [4.69, 9.17) is 4.52 Å². The van der Waals surface area contributed by atoms with E-state index in [1.165, 1.54) is 0 Å². The van der Waals surface area contributed by atoms with Crippen LogP contribution in [0.3, 0.4) is 0 Å². The van der Waals surface area contributed by atoms with Gasteiger partial charge in [0.15, 0.2) is 0 Å². The lowest BCUT2D eigenvalue weighted by molar-refractivity contribution is -0.128. The van der Waals surface area contributed by atoms with E-state index in [2.05, 4.69) is 16.4 Å². The van der Waals surface area contributed by atoms with Crippen LogP contribution >= 0.6 is 9.47 Å². The molecule has 0 aromatic heterocycles. The molecule has 1 saturated carbocycles. The first-order valence-corrected chi connectivity index (χ1v) is 4.42. The van der Waals surface area contributed by atoms with Crippen LogP contribution in [-0.4, -0.2) is 11.9 Å². The fraction of sp³-hybridized carbons (Fsp3) is 0.875. The fourth-order valence-corrected chi connectivity index (χ4v) is 1.89. The third-order valence-electron chi connectivity index (χ3n) is 2.71. The van der Waals surface area contributed by atoms with Crippen LogP contribution in [0.1, 0.15) is 26.7 Å². The van der Waals surface area contributed by atoms with Crippen molar-refractivity contribution in [3.05, 3.63) is 0 Å². The van der Waals surface area contributed by atoms with E-state index in [0.29, 0.717) is 18.1 Å². The van der Waals surface area contributed by atoms with Gasteiger partial charge in [-0.3, -0.25) is 4.79 Å². The molecule has 1 aliphatic rings. The van der Waals surface area contributed by atoms with Crippen LogP contribution in [0, 0.1) is 11.8 Å². The average molecular weight is 173 g/mol. The second-order valence-electron chi connectivity index (χ2n) is 3.31. The summed E-state index contributed by atoms with van der Waals surface area (Å²) in [5.74, 6) is 0.872. The van der Waals surface area contributed by atoms with Gasteiger partial charge in [0.25, 0.3) is 0 Å². The van der Waals surface area contributed by atoms with Crippen molar-refractivity contribution in [2.45, 2.75) is 32.8 Å². The van der Waals surface area contributed by atoms with Crippen LogP contribution in [0.25, 0.3) is 0 Å². The lowest BCUT2D eigenvalue weighted by atomic mass is 9.79. The van der Waals surface area contributed by atoms with Crippen molar-refractivity contribution in [2.24, 2.45) is 11.8 Å². The normalized spacial score (nSPS) is 39.2. The van der Waals surface area contributed by atoms with E-state index in [9.17, 15) is 4.79 Å². The third kappa shape index (κ3) is 1.80. The van der Waals surface area contributed by atoms with Crippen LogP contribution in [0.4, 0.5) is 0 Å². The Balaban J connectivity index is 2.59. The molecule has 0 spiro atoms. The molecule has 3 unspecified atom stereocenters. The van der Waals surface area contributed by atoms with Crippen molar-refractivity contribution in [3.8, 4) is 0 Å². The van der Waals surface area contributed by atoms with E-state index in [-0.39, 0.29) is 12.0 Å². The molecule has 0 saturated heterocycles. The highest BCUT2D eigenvalue weighted by atomic mass is 31.0. The summed E-state index contributed by atoms with van der Waals surface area (Å²) < 4.78 is 5.08. The number of rotatable bonds is 1. The predicted molar refractivity (Wildman–Crippen MR) is 45.8 cm³/mol. The van der Waals surface area contributed by atoms with Crippen LogP contribution in [0.5, 0.6) is 0 Å². The number of ketones is 1. The van der Waals surface area contributed by atoms with Crippen molar-refractivity contribution >= 4 is 15.2 Å². The van der Waals surface area contributed by atoms with Gasteiger partial charge in [-0.05, 0) is 12.3 Å². The number of carbonyl (C=O) groups excluding carboxylic acids is 1. The van der Waals surface area contributed by atoms with Gasteiger partial charge in [-0.2, -0.15) is 0 Å². The number of hydrogen-bond acceptors (Lipinski definition) is 2. The summed E-state index contributed by atoms with van der Waals surface area (Å²) in [6.07, 6.45) is 1.73. The molecule has 0 heterocycles. The zero-order valence-corrected chi connectivity index (χ0v) is 7.96. The molecule has 3 heteroatoms. The highest BCUT2D eigenvalue weighted by Gasteiger charge is 2.32. The molecule has 0 aromatic carbocycles. The summed E-state index contributed by atoms with van der Waals surface area (Å²) in [4.78, 5) is 11.2. The molecule has 1 fully saturated rings. The Bertz CT molecular complexity index is 158. The van der Waals surface area contributed by atoms with Gasteiger partial charge in [-0.1, -0.05) is 13.8 Å². The molecule has 1 aliphatic carbocycles. The van der Waals surface area contributed by atoms with Crippen molar-refractivity contribution < 1.29 is 9.32 Å². The maximum absolute atomic E-state index is 11.2. The fourth-order valence-electron chi connectivity index (χ4n) is 1.56. The lowest BCUT2D eigenvalue weighted by Gasteiger charge is -2.31. The monoisotopic (exact) mass is 173 g/mol. The topological polar surface area (TPSA) is 26.3 Å². The highest BCUT2D eigenvalue weighted by Crippen LogP contribution is 2.30. The molecule has 2 nitrogen and oxygen atoms in total. The maximum atomic E-state index is 11.2. The van der Waals surface area contributed by atoms with Gasteiger partial charge in [-0.25, -0.2) is 0 Å². The van der Waals surface area contributed by atoms with Gasteiger partial charge in [0.1, 0.15) is 5.78 Å². The maximum Gasteiger partial charge on any atom is 0.136 e. The first-order chi connectivity index (χ1) is 5.16. The van der Waals surface area contributed by atoms with Gasteiger partial charge in [0.2, 0.25) is 0 Å². The predicted octanol–water partition coefficient (Wildman–Crippen LogP) is 2.06. The Morgan fingerprint density at radius 2 is 2.18 bits per heavy atom. The Labute approximate surface area is 70.0 Å². The van der Waals surface area contributed by atoms with Gasteiger partial charge in [0, 0.05) is 12.3 Å². The molecule has 0 aliphatic heterocycles. The second kappa shape index (κ2) is 3.64. The smallest absolute Gasteiger partial charge is 0.136 e. The summed E-state index contributed by atoms with van der Waals surface area (Å²) >= 11 is 0. The van der Waals surface area contributed by atoms with E-state index in [1.54, 1.807) is 0 Å². The molecule has 0 amide bonds.